The number of benzene rings is 2. The largest absolute Gasteiger partial charge is 0.413 e. The van der Waals surface area contributed by atoms with Gasteiger partial charge in [0.2, 0.25) is 0 Å². The first-order chi connectivity index (χ1) is 9.11. The fourth-order valence-electron chi connectivity index (χ4n) is 2.36. The summed E-state index contributed by atoms with van der Waals surface area (Å²) in [6, 6.07) is 11.2. The van der Waals surface area contributed by atoms with Crippen molar-refractivity contribution < 1.29 is 4.84 Å². The topological polar surface area (TPSA) is 31.2 Å². The Balaban J connectivity index is 2.65. The van der Waals surface area contributed by atoms with Crippen LogP contribution in [0.25, 0.3) is 21.7 Å². The van der Waals surface area contributed by atoms with Crippen LogP contribution in [-0.4, -0.2) is 11.8 Å². The molecule has 0 aliphatic rings. The van der Waals surface area contributed by atoms with Crippen molar-refractivity contribution in [2.75, 3.05) is 7.11 Å². The van der Waals surface area contributed by atoms with Crippen molar-refractivity contribution in [3.63, 3.8) is 0 Å². The van der Waals surface area contributed by atoms with Crippen LogP contribution >= 0.6 is 11.6 Å². The van der Waals surface area contributed by atoms with Gasteiger partial charge in [0.1, 0.15) is 7.11 Å². The Morgan fingerprint density at radius 1 is 1.05 bits per heavy atom. The molecule has 0 spiro atoms. The molecule has 3 nitrogen and oxygen atoms in total. The first-order valence-corrected chi connectivity index (χ1v) is 6.29. The Labute approximate surface area is 114 Å². The molecule has 4 heteroatoms. The third kappa shape index (κ3) is 1.78. The lowest BCUT2D eigenvalue weighted by molar-refractivity contribution is 0.170. The second kappa shape index (κ2) is 4.28. The van der Waals surface area contributed by atoms with Crippen LogP contribution in [0.2, 0.25) is 5.02 Å². The molecule has 0 aliphatic heterocycles. The Bertz CT molecular complexity index is 852. The van der Waals surface area contributed by atoms with Gasteiger partial charge in [0.15, 0.2) is 0 Å². The first kappa shape index (κ1) is 12.1. The van der Waals surface area contributed by atoms with Crippen molar-refractivity contribution in [1.29, 1.82) is 0 Å². The molecule has 0 saturated heterocycles. The molecule has 2 aromatic carbocycles. The van der Waals surface area contributed by atoms with Gasteiger partial charge < -0.3 is 4.84 Å². The van der Waals surface area contributed by atoms with E-state index < -0.39 is 0 Å². The van der Waals surface area contributed by atoms with E-state index in [2.05, 4.69) is 0 Å². The average Bonchev–Trinajstić information content (AvgIpc) is 2.39. The predicted molar refractivity (Wildman–Crippen MR) is 78.0 cm³/mol. The number of fused-ring (bicyclic) bond motifs is 3. The van der Waals surface area contributed by atoms with E-state index in [1.807, 2.05) is 31.2 Å². The van der Waals surface area contributed by atoms with E-state index in [1.54, 1.807) is 12.1 Å². The van der Waals surface area contributed by atoms with Gasteiger partial charge in [0.05, 0.1) is 10.9 Å². The zero-order chi connectivity index (χ0) is 13.6. The minimum absolute atomic E-state index is 0.174. The second-order valence-corrected chi connectivity index (χ2v) is 4.93. The summed E-state index contributed by atoms with van der Waals surface area (Å²) in [7, 11) is 1.49. The minimum Gasteiger partial charge on any atom is -0.413 e. The lowest BCUT2D eigenvalue weighted by Gasteiger charge is -2.12. The number of hydrogen-bond donors (Lipinski definition) is 0. The molecular formula is C15H12ClNO2. The molecule has 1 aromatic heterocycles. The Hall–Kier alpha value is -2.00. The van der Waals surface area contributed by atoms with Gasteiger partial charge in [-0.25, -0.2) is 0 Å². The van der Waals surface area contributed by atoms with E-state index in [1.165, 1.54) is 11.8 Å². The summed E-state index contributed by atoms with van der Waals surface area (Å²) in [4.78, 5) is 17.6. The average molecular weight is 274 g/mol. The van der Waals surface area contributed by atoms with Crippen LogP contribution < -0.4 is 10.4 Å². The molecule has 0 unspecified atom stereocenters. The standard InChI is InChI=1S/C15H12ClNO2/c1-9-3-5-11-13-8-10(16)4-6-12(13)15(18)17(19-2)14(11)7-9/h3-8H,1-2H3. The highest BCUT2D eigenvalue weighted by Gasteiger charge is 2.11. The lowest BCUT2D eigenvalue weighted by Crippen LogP contribution is -2.25. The first-order valence-electron chi connectivity index (χ1n) is 5.91. The molecule has 3 aromatic rings. The van der Waals surface area contributed by atoms with Crippen molar-refractivity contribution in [3.8, 4) is 0 Å². The van der Waals surface area contributed by atoms with Crippen molar-refractivity contribution in [2.24, 2.45) is 0 Å². The Morgan fingerprint density at radius 3 is 2.53 bits per heavy atom. The third-order valence-corrected chi connectivity index (χ3v) is 3.48. The summed E-state index contributed by atoms with van der Waals surface area (Å²) in [6.07, 6.45) is 0. The van der Waals surface area contributed by atoms with Gasteiger partial charge in [-0.05, 0) is 42.1 Å². The van der Waals surface area contributed by atoms with Crippen LogP contribution in [0.1, 0.15) is 5.56 Å². The molecule has 0 radical (unpaired) electrons. The van der Waals surface area contributed by atoms with Gasteiger partial charge in [-0.1, -0.05) is 23.7 Å². The molecule has 0 amide bonds. The Kier molecular flexibility index (Phi) is 2.72. The number of nitrogens with zero attached hydrogens (tertiary/aromatic N) is 1. The number of rotatable bonds is 1. The predicted octanol–water partition coefficient (Wildman–Crippen LogP) is 3.17. The summed E-state index contributed by atoms with van der Waals surface area (Å²) < 4.78 is 1.32. The molecule has 0 aliphatic carbocycles. The van der Waals surface area contributed by atoms with E-state index in [0.717, 1.165) is 21.9 Å². The Morgan fingerprint density at radius 2 is 1.79 bits per heavy atom. The van der Waals surface area contributed by atoms with Crippen LogP contribution in [0.3, 0.4) is 0 Å². The molecule has 1 heterocycles. The molecular weight excluding hydrogens is 262 g/mol. The number of pyridine rings is 1. The zero-order valence-electron chi connectivity index (χ0n) is 10.6. The number of aryl methyl sites for hydroxylation is 1. The van der Waals surface area contributed by atoms with Crippen molar-refractivity contribution >= 4 is 33.3 Å². The minimum atomic E-state index is -0.174. The monoisotopic (exact) mass is 273 g/mol. The maximum atomic E-state index is 12.4. The van der Waals surface area contributed by atoms with Gasteiger partial charge >= 0.3 is 0 Å². The fourth-order valence-corrected chi connectivity index (χ4v) is 2.54. The fraction of sp³-hybridized carbons (Fsp3) is 0.133. The zero-order valence-corrected chi connectivity index (χ0v) is 11.4. The SMILES string of the molecule is COn1c(=O)c2ccc(Cl)cc2c2ccc(C)cc21. The quantitative estimate of drug-likeness (QED) is 0.638. The van der Waals surface area contributed by atoms with Crippen LogP contribution in [0, 0.1) is 6.92 Å². The third-order valence-electron chi connectivity index (χ3n) is 3.24. The van der Waals surface area contributed by atoms with Crippen LogP contribution in [0.15, 0.2) is 41.2 Å². The van der Waals surface area contributed by atoms with Gasteiger partial charge in [0, 0.05) is 10.4 Å². The highest BCUT2D eigenvalue weighted by atomic mass is 35.5. The number of hydrogen-bond acceptors (Lipinski definition) is 2. The number of halogens is 1. The van der Waals surface area contributed by atoms with Crippen molar-refractivity contribution in [3.05, 3.63) is 57.3 Å². The summed E-state index contributed by atoms with van der Waals surface area (Å²) in [6.45, 7) is 1.98. The summed E-state index contributed by atoms with van der Waals surface area (Å²) >= 11 is 6.04. The van der Waals surface area contributed by atoms with E-state index in [9.17, 15) is 4.79 Å². The molecule has 0 bridgehead atoms. The van der Waals surface area contributed by atoms with Crippen LogP contribution in [-0.2, 0) is 0 Å². The lowest BCUT2D eigenvalue weighted by atomic mass is 10.1. The van der Waals surface area contributed by atoms with E-state index in [4.69, 9.17) is 16.4 Å². The van der Waals surface area contributed by atoms with E-state index in [0.29, 0.717) is 10.4 Å². The van der Waals surface area contributed by atoms with Crippen molar-refractivity contribution in [2.45, 2.75) is 6.92 Å². The highest BCUT2D eigenvalue weighted by Crippen LogP contribution is 2.25. The van der Waals surface area contributed by atoms with Gasteiger partial charge in [0.25, 0.3) is 5.56 Å². The highest BCUT2D eigenvalue weighted by molar-refractivity contribution is 6.31. The molecule has 0 fully saturated rings. The maximum absolute atomic E-state index is 12.4. The summed E-state index contributed by atoms with van der Waals surface area (Å²) in [5.74, 6) is 0. The molecule has 96 valence electrons. The summed E-state index contributed by atoms with van der Waals surface area (Å²) in [5, 5.41) is 3.01. The molecule has 0 N–H and O–H groups in total. The molecule has 19 heavy (non-hydrogen) atoms. The molecule has 3 rings (SSSR count). The second-order valence-electron chi connectivity index (χ2n) is 4.49. The normalized spacial score (nSPS) is 11.1. The van der Waals surface area contributed by atoms with Crippen LogP contribution in [0.4, 0.5) is 0 Å². The van der Waals surface area contributed by atoms with E-state index in [-0.39, 0.29) is 5.56 Å². The van der Waals surface area contributed by atoms with Crippen molar-refractivity contribution in [1.82, 2.24) is 4.73 Å². The van der Waals surface area contributed by atoms with Gasteiger partial charge in [-0.15, -0.1) is 4.73 Å². The van der Waals surface area contributed by atoms with E-state index >= 15 is 0 Å². The summed E-state index contributed by atoms with van der Waals surface area (Å²) in [5.41, 5.74) is 1.65. The van der Waals surface area contributed by atoms with Crippen LogP contribution in [0.5, 0.6) is 0 Å². The maximum Gasteiger partial charge on any atom is 0.291 e. The molecule has 0 atom stereocenters. The van der Waals surface area contributed by atoms with Gasteiger partial charge in [-0.2, -0.15) is 0 Å². The molecule has 0 saturated carbocycles. The van der Waals surface area contributed by atoms with Gasteiger partial charge in [-0.3, -0.25) is 4.79 Å². The number of aromatic nitrogens is 1. The smallest absolute Gasteiger partial charge is 0.291 e.